The van der Waals surface area contributed by atoms with Crippen molar-refractivity contribution in [2.45, 2.75) is 25.2 Å². The lowest BCUT2D eigenvalue weighted by Crippen LogP contribution is -2.49. The monoisotopic (exact) mass is 372 g/mol. The van der Waals surface area contributed by atoms with Gasteiger partial charge < -0.3 is 10.6 Å². The SMILES string of the molecule is CN(Cc1cccc(C(F)(F)F)c1)C(=O)C(C)(N)c1ccccc1.Cl. The van der Waals surface area contributed by atoms with Crippen LogP contribution in [-0.2, 0) is 23.1 Å². The topological polar surface area (TPSA) is 46.3 Å². The van der Waals surface area contributed by atoms with E-state index in [1.807, 2.05) is 6.07 Å². The number of amides is 1. The summed E-state index contributed by atoms with van der Waals surface area (Å²) < 4.78 is 38.3. The van der Waals surface area contributed by atoms with E-state index in [2.05, 4.69) is 0 Å². The van der Waals surface area contributed by atoms with Crippen LogP contribution in [0, 0.1) is 0 Å². The average molecular weight is 373 g/mol. The smallest absolute Gasteiger partial charge is 0.340 e. The van der Waals surface area contributed by atoms with Crippen molar-refractivity contribution in [3.8, 4) is 0 Å². The third-order valence-electron chi connectivity index (χ3n) is 3.84. The zero-order valence-electron chi connectivity index (χ0n) is 13.9. The van der Waals surface area contributed by atoms with Crippen LogP contribution in [0.5, 0.6) is 0 Å². The van der Waals surface area contributed by atoms with Crippen LogP contribution in [0.15, 0.2) is 54.6 Å². The van der Waals surface area contributed by atoms with E-state index in [4.69, 9.17) is 5.73 Å². The molecule has 2 aromatic rings. The Balaban J connectivity index is 0.00000312. The number of hydrogen-bond acceptors (Lipinski definition) is 2. The van der Waals surface area contributed by atoms with Gasteiger partial charge in [-0.1, -0.05) is 42.5 Å². The van der Waals surface area contributed by atoms with Crippen LogP contribution in [0.4, 0.5) is 13.2 Å². The Morgan fingerprint density at radius 1 is 1.04 bits per heavy atom. The molecule has 1 unspecified atom stereocenters. The number of carbonyl (C=O) groups excluding carboxylic acids is 1. The lowest BCUT2D eigenvalue weighted by Gasteiger charge is -2.30. The van der Waals surface area contributed by atoms with Crippen molar-refractivity contribution in [1.82, 2.24) is 4.90 Å². The molecule has 1 atom stereocenters. The van der Waals surface area contributed by atoms with Crippen molar-refractivity contribution in [3.63, 3.8) is 0 Å². The molecule has 0 heterocycles. The molecule has 0 radical (unpaired) electrons. The molecular weight excluding hydrogens is 353 g/mol. The average Bonchev–Trinajstić information content (AvgIpc) is 2.54. The van der Waals surface area contributed by atoms with E-state index in [0.29, 0.717) is 11.1 Å². The number of halogens is 4. The van der Waals surface area contributed by atoms with Gasteiger partial charge in [0.15, 0.2) is 0 Å². The van der Waals surface area contributed by atoms with Crippen molar-refractivity contribution < 1.29 is 18.0 Å². The highest BCUT2D eigenvalue weighted by Crippen LogP contribution is 2.30. The summed E-state index contributed by atoms with van der Waals surface area (Å²) in [6, 6.07) is 13.8. The van der Waals surface area contributed by atoms with Crippen molar-refractivity contribution in [3.05, 3.63) is 71.3 Å². The maximum Gasteiger partial charge on any atom is 0.416 e. The standard InChI is InChI=1S/C18H19F3N2O.ClH/c1-17(22,14-8-4-3-5-9-14)16(24)23(2)12-13-7-6-10-15(11-13)18(19,20)21;/h3-11H,12,22H2,1-2H3;1H. The first kappa shape index (κ1) is 21.0. The Labute approximate surface area is 151 Å². The Hall–Kier alpha value is -2.05. The Morgan fingerprint density at radius 2 is 1.60 bits per heavy atom. The molecule has 136 valence electrons. The molecule has 0 fully saturated rings. The van der Waals surface area contributed by atoms with Crippen LogP contribution in [0.1, 0.15) is 23.6 Å². The summed E-state index contributed by atoms with van der Waals surface area (Å²) in [4.78, 5) is 14.0. The summed E-state index contributed by atoms with van der Waals surface area (Å²) in [5.74, 6) is -0.369. The predicted octanol–water partition coefficient (Wildman–Crippen LogP) is 3.96. The number of alkyl halides is 3. The highest BCUT2D eigenvalue weighted by Gasteiger charge is 2.34. The molecule has 0 aliphatic carbocycles. The molecule has 7 heteroatoms. The quantitative estimate of drug-likeness (QED) is 0.883. The van der Waals surface area contributed by atoms with Gasteiger partial charge in [0, 0.05) is 13.6 Å². The maximum atomic E-state index is 12.8. The number of benzene rings is 2. The lowest BCUT2D eigenvalue weighted by molar-refractivity contribution is -0.137. The van der Waals surface area contributed by atoms with Gasteiger partial charge in [-0.25, -0.2) is 0 Å². The molecule has 25 heavy (non-hydrogen) atoms. The molecule has 2 N–H and O–H groups in total. The fourth-order valence-corrected chi connectivity index (χ4v) is 2.50. The first-order valence-corrected chi connectivity index (χ1v) is 7.38. The molecule has 0 saturated heterocycles. The minimum Gasteiger partial charge on any atom is -0.340 e. The van der Waals surface area contributed by atoms with Crippen LogP contribution in [0.3, 0.4) is 0 Å². The summed E-state index contributed by atoms with van der Waals surface area (Å²) in [6.07, 6.45) is -4.41. The summed E-state index contributed by atoms with van der Waals surface area (Å²) in [7, 11) is 1.52. The second kappa shape index (κ2) is 7.89. The van der Waals surface area contributed by atoms with Crippen LogP contribution in [0.25, 0.3) is 0 Å². The van der Waals surface area contributed by atoms with Gasteiger partial charge >= 0.3 is 6.18 Å². The maximum absolute atomic E-state index is 12.8. The minimum absolute atomic E-state index is 0. The van der Waals surface area contributed by atoms with E-state index in [9.17, 15) is 18.0 Å². The van der Waals surface area contributed by atoms with Gasteiger partial charge in [0.1, 0.15) is 5.54 Å². The molecule has 2 aromatic carbocycles. The zero-order valence-corrected chi connectivity index (χ0v) is 14.7. The summed E-state index contributed by atoms with van der Waals surface area (Å²) in [5.41, 5.74) is 5.21. The second-order valence-electron chi connectivity index (χ2n) is 5.93. The van der Waals surface area contributed by atoms with Gasteiger partial charge in [0.05, 0.1) is 5.56 Å². The van der Waals surface area contributed by atoms with E-state index in [-0.39, 0.29) is 24.9 Å². The molecule has 0 bridgehead atoms. The Morgan fingerprint density at radius 3 is 2.16 bits per heavy atom. The summed E-state index contributed by atoms with van der Waals surface area (Å²) >= 11 is 0. The van der Waals surface area contributed by atoms with Crippen molar-refractivity contribution >= 4 is 18.3 Å². The number of rotatable bonds is 4. The number of hydrogen-bond donors (Lipinski definition) is 1. The van der Waals surface area contributed by atoms with E-state index < -0.39 is 17.3 Å². The highest BCUT2D eigenvalue weighted by atomic mass is 35.5. The van der Waals surface area contributed by atoms with Gasteiger partial charge in [-0.05, 0) is 30.2 Å². The molecular formula is C18H20ClF3N2O. The molecule has 3 nitrogen and oxygen atoms in total. The van der Waals surface area contributed by atoms with Gasteiger partial charge in [0.25, 0.3) is 0 Å². The molecule has 0 aliphatic heterocycles. The van der Waals surface area contributed by atoms with Crippen LogP contribution in [-0.4, -0.2) is 17.9 Å². The first-order valence-electron chi connectivity index (χ1n) is 7.38. The first-order chi connectivity index (χ1) is 11.1. The fourth-order valence-electron chi connectivity index (χ4n) is 2.50. The molecule has 0 spiro atoms. The van der Waals surface area contributed by atoms with Crippen LogP contribution in [0.2, 0.25) is 0 Å². The van der Waals surface area contributed by atoms with Crippen LogP contribution >= 0.6 is 12.4 Å². The third kappa shape index (κ3) is 4.96. The minimum atomic E-state index is -4.41. The lowest BCUT2D eigenvalue weighted by atomic mass is 9.91. The number of likely N-dealkylation sites (N-methyl/N-ethyl adjacent to an activating group) is 1. The normalized spacial score (nSPS) is 13.5. The van der Waals surface area contributed by atoms with Gasteiger partial charge in [-0.3, -0.25) is 4.79 Å². The predicted molar refractivity (Wildman–Crippen MR) is 93.1 cm³/mol. The number of carbonyl (C=O) groups is 1. The van der Waals surface area contributed by atoms with Crippen molar-refractivity contribution in [2.24, 2.45) is 5.73 Å². The molecule has 1 amide bonds. The Bertz CT molecular complexity index is 718. The van der Waals surface area contributed by atoms with Gasteiger partial charge in [-0.15, -0.1) is 12.4 Å². The van der Waals surface area contributed by atoms with Gasteiger partial charge in [0.2, 0.25) is 5.91 Å². The number of nitrogens with zero attached hydrogens (tertiary/aromatic N) is 1. The molecule has 0 aliphatic rings. The number of nitrogens with two attached hydrogens (primary N) is 1. The van der Waals surface area contributed by atoms with Crippen LogP contribution < -0.4 is 5.73 Å². The largest absolute Gasteiger partial charge is 0.416 e. The third-order valence-corrected chi connectivity index (χ3v) is 3.84. The van der Waals surface area contributed by atoms with Gasteiger partial charge in [-0.2, -0.15) is 13.2 Å². The Kier molecular flexibility index (Phi) is 6.62. The fraction of sp³-hybridized carbons (Fsp3) is 0.278. The highest BCUT2D eigenvalue weighted by molar-refractivity contribution is 5.86. The summed E-state index contributed by atoms with van der Waals surface area (Å²) in [5, 5.41) is 0. The van der Waals surface area contributed by atoms with E-state index in [1.54, 1.807) is 37.3 Å². The zero-order chi connectivity index (χ0) is 18.0. The van der Waals surface area contributed by atoms with E-state index in [0.717, 1.165) is 12.1 Å². The molecule has 0 saturated carbocycles. The van der Waals surface area contributed by atoms with E-state index >= 15 is 0 Å². The van der Waals surface area contributed by atoms with E-state index in [1.165, 1.54) is 18.0 Å². The van der Waals surface area contributed by atoms with Crippen molar-refractivity contribution in [2.75, 3.05) is 7.05 Å². The van der Waals surface area contributed by atoms with Crippen molar-refractivity contribution in [1.29, 1.82) is 0 Å². The molecule has 2 rings (SSSR count). The summed E-state index contributed by atoms with van der Waals surface area (Å²) in [6.45, 7) is 1.63. The second-order valence-corrected chi connectivity index (χ2v) is 5.93. The molecule has 0 aromatic heterocycles.